The zero-order valence-electron chi connectivity index (χ0n) is 14.6. The largest absolute Gasteiger partial charge is 0.416 e. The van der Waals surface area contributed by atoms with E-state index in [-0.39, 0.29) is 36.8 Å². The average Bonchev–Trinajstić information content (AvgIpc) is 3.34. The van der Waals surface area contributed by atoms with E-state index in [1.54, 1.807) is 0 Å². The Morgan fingerprint density at radius 2 is 1.74 bits per heavy atom. The fourth-order valence-electron chi connectivity index (χ4n) is 2.97. The molecule has 1 aromatic carbocycles. The summed E-state index contributed by atoms with van der Waals surface area (Å²) in [5.41, 5.74) is 5.18. The van der Waals surface area contributed by atoms with Crippen molar-refractivity contribution in [2.45, 2.75) is 30.6 Å². The standard InChI is InChI=1S/C17H22F3N3O2.2ClH/c18-17(19,20)13-3-1-12(2-4-13)14(23-7-9-25-10-8-23)11-22-15(24)16(21)5-6-16;;/h1-4,14H,5-11,21H2,(H,22,24);2*1H. The molecule has 3 rings (SSSR count). The average molecular weight is 430 g/mol. The van der Waals surface area contributed by atoms with Gasteiger partial charge in [-0.3, -0.25) is 9.69 Å². The number of benzene rings is 1. The summed E-state index contributed by atoms with van der Waals surface area (Å²) in [5, 5.41) is 2.86. The van der Waals surface area contributed by atoms with Crippen LogP contribution in [0, 0.1) is 0 Å². The van der Waals surface area contributed by atoms with E-state index in [9.17, 15) is 18.0 Å². The van der Waals surface area contributed by atoms with Crippen LogP contribution in [0.25, 0.3) is 0 Å². The van der Waals surface area contributed by atoms with Crippen molar-refractivity contribution in [1.82, 2.24) is 10.2 Å². The lowest BCUT2D eigenvalue weighted by molar-refractivity contribution is -0.137. The van der Waals surface area contributed by atoms with Crippen LogP contribution in [0.15, 0.2) is 24.3 Å². The quantitative estimate of drug-likeness (QED) is 0.754. The third kappa shape index (κ3) is 5.96. The van der Waals surface area contributed by atoms with E-state index in [0.29, 0.717) is 45.7 Å². The highest BCUT2D eigenvalue weighted by molar-refractivity contribution is 5.89. The number of alkyl halides is 3. The van der Waals surface area contributed by atoms with Gasteiger partial charge in [0.1, 0.15) is 0 Å². The number of hydrogen-bond donors (Lipinski definition) is 2. The van der Waals surface area contributed by atoms with Crippen molar-refractivity contribution in [3.05, 3.63) is 35.4 Å². The normalized spacial score (nSPS) is 20.0. The van der Waals surface area contributed by atoms with Gasteiger partial charge in [0.25, 0.3) is 0 Å². The second-order valence-electron chi connectivity index (χ2n) is 6.65. The number of carbonyl (C=O) groups is 1. The summed E-state index contributed by atoms with van der Waals surface area (Å²) >= 11 is 0. The SMILES string of the molecule is Cl.Cl.NC1(C(=O)NCC(c2ccc(C(F)(F)F)cc2)N2CCOCC2)CC1. The molecule has 1 heterocycles. The van der Waals surface area contributed by atoms with Gasteiger partial charge < -0.3 is 15.8 Å². The van der Waals surface area contributed by atoms with Gasteiger partial charge in [-0.25, -0.2) is 0 Å². The Kier molecular flexibility index (Phi) is 8.37. The monoisotopic (exact) mass is 429 g/mol. The molecule has 2 fully saturated rings. The number of rotatable bonds is 5. The second-order valence-corrected chi connectivity index (χ2v) is 6.65. The molecule has 1 aliphatic heterocycles. The Morgan fingerprint density at radius 3 is 2.22 bits per heavy atom. The molecule has 2 aliphatic rings. The minimum atomic E-state index is -4.36. The molecule has 10 heteroatoms. The summed E-state index contributed by atoms with van der Waals surface area (Å²) in [7, 11) is 0. The topological polar surface area (TPSA) is 67.6 Å². The zero-order valence-corrected chi connectivity index (χ0v) is 16.3. The molecule has 0 aromatic heterocycles. The van der Waals surface area contributed by atoms with E-state index in [1.807, 2.05) is 0 Å². The maximum Gasteiger partial charge on any atom is 0.416 e. The van der Waals surface area contributed by atoms with E-state index in [0.717, 1.165) is 17.7 Å². The van der Waals surface area contributed by atoms with Gasteiger partial charge in [0.2, 0.25) is 5.91 Å². The predicted octanol–water partition coefficient (Wildman–Crippen LogP) is 2.53. The maximum atomic E-state index is 12.8. The summed E-state index contributed by atoms with van der Waals surface area (Å²) < 4.78 is 43.7. The second kappa shape index (κ2) is 9.43. The molecular weight excluding hydrogens is 406 g/mol. The molecule has 154 valence electrons. The summed E-state index contributed by atoms with van der Waals surface area (Å²) in [6.07, 6.45) is -3.03. The van der Waals surface area contributed by atoms with Gasteiger partial charge in [-0.15, -0.1) is 24.8 Å². The van der Waals surface area contributed by atoms with Crippen LogP contribution < -0.4 is 11.1 Å². The molecule has 1 atom stereocenters. The minimum absolute atomic E-state index is 0. The van der Waals surface area contributed by atoms with Crippen molar-refractivity contribution in [1.29, 1.82) is 0 Å². The van der Waals surface area contributed by atoms with Gasteiger partial charge in [-0.1, -0.05) is 12.1 Å². The lowest BCUT2D eigenvalue weighted by Gasteiger charge is -2.35. The van der Waals surface area contributed by atoms with Gasteiger partial charge in [-0.05, 0) is 30.5 Å². The third-order valence-electron chi connectivity index (χ3n) is 4.81. The van der Waals surface area contributed by atoms with Gasteiger partial charge >= 0.3 is 6.18 Å². The number of nitrogens with two attached hydrogens (primary N) is 1. The molecule has 5 nitrogen and oxygen atoms in total. The van der Waals surface area contributed by atoms with Gasteiger partial charge in [-0.2, -0.15) is 13.2 Å². The highest BCUT2D eigenvalue weighted by atomic mass is 35.5. The van der Waals surface area contributed by atoms with E-state index >= 15 is 0 Å². The molecule has 27 heavy (non-hydrogen) atoms. The minimum Gasteiger partial charge on any atom is -0.379 e. The number of hydrogen-bond acceptors (Lipinski definition) is 4. The molecule has 1 unspecified atom stereocenters. The number of ether oxygens (including phenoxy) is 1. The summed E-state index contributed by atoms with van der Waals surface area (Å²) in [4.78, 5) is 14.2. The van der Waals surface area contributed by atoms with Crippen molar-refractivity contribution < 1.29 is 22.7 Å². The van der Waals surface area contributed by atoms with E-state index in [2.05, 4.69) is 10.2 Å². The Labute approximate surface area is 168 Å². The van der Waals surface area contributed by atoms with Crippen molar-refractivity contribution in [2.75, 3.05) is 32.8 Å². The first kappa shape index (κ1) is 24.0. The predicted molar refractivity (Wildman–Crippen MR) is 100 cm³/mol. The molecule has 1 saturated heterocycles. The number of nitrogens with zero attached hydrogens (tertiary/aromatic N) is 1. The van der Waals surface area contributed by atoms with Crippen molar-refractivity contribution >= 4 is 30.7 Å². The van der Waals surface area contributed by atoms with Crippen LogP contribution in [-0.4, -0.2) is 49.2 Å². The Hall–Kier alpha value is -1.06. The number of carbonyl (C=O) groups excluding carboxylic acids is 1. The fraction of sp³-hybridized carbons (Fsp3) is 0.588. The van der Waals surface area contributed by atoms with Crippen LogP contribution in [0.5, 0.6) is 0 Å². The molecule has 1 aromatic rings. The molecule has 0 radical (unpaired) electrons. The van der Waals surface area contributed by atoms with Crippen LogP contribution in [0.1, 0.15) is 30.0 Å². The molecular formula is C17H24Cl2F3N3O2. The van der Waals surface area contributed by atoms with Gasteiger partial charge in [0.05, 0.1) is 30.4 Å². The maximum absolute atomic E-state index is 12.8. The Bertz CT molecular complexity index is 619. The smallest absolute Gasteiger partial charge is 0.379 e. The third-order valence-corrected chi connectivity index (χ3v) is 4.81. The number of amides is 1. The van der Waals surface area contributed by atoms with Crippen molar-refractivity contribution in [3.8, 4) is 0 Å². The molecule has 3 N–H and O–H groups in total. The molecule has 1 saturated carbocycles. The van der Waals surface area contributed by atoms with Crippen LogP contribution in [0.4, 0.5) is 13.2 Å². The Morgan fingerprint density at radius 1 is 1.19 bits per heavy atom. The fourth-order valence-corrected chi connectivity index (χ4v) is 2.97. The van der Waals surface area contributed by atoms with E-state index in [4.69, 9.17) is 10.5 Å². The van der Waals surface area contributed by atoms with Crippen LogP contribution in [-0.2, 0) is 15.7 Å². The molecule has 1 amide bonds. The van der Waals surface area contributed by atoms with E-state index in [1.165, 1.54) is 12.1 Å². The van der Waals surface area contributed by atoms with E-state index < -0.39 is 17.3 Å². The lowest BCUT2D eigenvalue weighted by Crippen LogP contribution is -2.48. The highest BCUT2D eigenvalue weighted by Crippen LogP contribution is 2.33. The zero-order chi connectivity index (χ0) is 18.1. The van der Waals surface area contributed by atoms with Gasteiger partial charge in [0, 0.05) is 19.6 Å². The lowest BCUT2D eigenvalue weighted by atomic mass is 10.0. The van der Waals surface area contributed by atoms with Crippen LogP contribution >= 0.6 is 24.8 Å². The van der Waals surface area contributed by atoms with Crippen molar-refractivity contribution in [2.24, 2.45) is 5.73 Å². The molecule has 1 aliphatic carbocycles. The van der Waals surface area contributed by atoms with Crippen molar-refractivity contribution in [3.63, 3.8) is 0 Å². The van der Waals surface area contributed by atoms with Crippen LogP contribution in [0.2, 0.25) is 0 Å². The number of morpholine rings is 1. The first-order valence-corrected chi connectivity index (χ1v) is 8.36. The first-order chi connectivity index (χ1) is 11.8. The number of nitrogens with one attached hydrogen (secondary N) is 1. The summed E-state index contributed by atoms with van der Waals surface area (Å²) in [6, 6.07) is 4.90. The Balaban J connectivity index is 0.00000182. The summed E-state index contributed by atoms with van der Waals surface area (Å²) in [6.45, 7) is 2.76. The summed E-state index contributed by atoms with van der Waals surface area (Å²) in [5.74, 6) is -0.197. The molecule has 0 spiro atoms. The highest BCUT2D eigenvalue weighted by Gasteiger charge is 2.46. The number of halogens is 5. The first-order valence-electron chi connectivity index (χ1n) is 8.36. The molecule has 0 bridgehead atoms. The van der Waals surface area contributed by atoms with Gasteiger partial charge in [0.15, 0.2) is 0 Å². The van der Waals surface area contributed by atoms with Crippen LogP contribution in [0.3, 0.4) is 0 Å².